The second kappa shape index (κ2) is 36.4. The molecule has 45 heavy (non-hydrogen) atoms. The lowest BCUT2D eigenvalue weighted by Crippen LogP contribution is -2.18. The van der Waals surface area contributed by atoms with Gasteiger partial charge in [0.25, 0.3) is 0 Å². The minimum Gasteiger partial charge on any atom is -0.481 e. The fraction of sp³-hybridized carbons (Fsp3) is 0.756. The maximum absolute atomic E-state index is 12.6. The minimum absolute atomic E-state index is 0.0361. The molecule has 0 aliphatic carbocycles. The van der Waals surface area contributed by atoms with Crippen LogP contribution in [0.25, 0.3) is 0 Å². The van der Waals surface area contributed by atoms with Crippen molar-refractivity contribution in [3.8, 4) is 0 Å². The van der Waals surface area contributed by atoms with Gasteiger partial charge in [-0.25, -0.2) is 0 Å². The molecule has 4 nitrogen and oxygen atoms in total. The minimum atomic E-state index is -0.706. The second-order valence-electron chi connectivity index (χ2n) is 12.7. The van der Waals surface area contributed by atoms with Crippen molar-refractivity contribution in [3.05, 3.63) is 48.6 Å². The van der Waals surface area contributed by atoms with Crippen molar-refractivity contribution >= 4 is 11.9 Å². The van der Waals surface area contributed by atoms with Crippen LogP contribution in [-0.4, -0.2) is 23.1 Å². The van der Waals surface area contributed by atoms with E-state index >= 15 is 0 Å². The molecule has 0 rings (SSSR count). The predicted molar refractivity (Wildman–Crippen MR) is 195 cm³/mol. The van der Waals surface area contributed by atoms with Crippen molar-refractivity contribution < 1.29 is 19.4 Å². The Balaban J connectivity index is 4.14. The summed E-state index contributed by atoms with van der Waals surface area (Å²) in [5.41, 5.74) is 0. The van der Waals surface area contributed by atoms with Crippen molar-refractivity contribution in [2.24, 2.45) is 0 Å². The van der Waals surface area contributed by atoms with Crippen molar-refractivity contribution in [1.82, 2.24) is 0 Å². The highest BCUT2D eigenvalue weighted by atomic mass is 16.5. The summed E-state index contributed by atoms with van der Waals surface area (Å²) in [5.74, 6) is -0.742. The van der Waals surface area contributed by atoms with Gasteiger partial charge >= 0.3 is 11.9 Å². The first-order valence-electron chi connectivity index (χ1n) is 19.1. The molecular weight excluding hydrogens is 556 g/mol. The van der Waals surface area contributed by atoms with Gasteiger partial charge in [-0.05, 0) is 77.0 Å². The lowest BCUT2D eigenvalue weighted by molar-refractivity contribution is -0.150. The number of carbonyl (C=O) groups excluding carboxylic acids is 1. The first kappa shape index (κ1) is 42.9. The lowest BCUT2D eigenvalue weighted by Gasteiger charge is -2.18. The third kappa shape index (κ3) is 36.2. The summed E-state index contributed by atoms with van der Waals surface area (Å²) in [6.45, 7) is 4.43. The highest BCUT2D eigenvalue weighted by Crippen LogP contribution is 2.19. The van der Waals surface area contributed by atoms with Crippen LogP contribution in [0.3, 0.4) is 0 Å². The molecule has 0 amide bonds. The third-order valence-corrected chi connectivity index (χ3v) is 8.32. The van der Waals surface area contributed by atoms with Crippen molar-refractivity contribution in [1.29, 1.82) is 0 Å². The smallest absolute Gasteiger partial charge is 0.306 e. The van der Waals surface area contributed by atoms with Gasteiger partial charge < -0.3 is 9.84 Å². The molecule has 0 radical (unpaired) electrons. The first-order valence-corrected chi connectivity index (χ1v) is 19.1. The number of carbonyl (C=O) groups is 2. The number of ether oxygens (including phenoxy) is 1. The van der Waals surface area contributed by atoms with E-state index in [2.05, 4.69) is 62.5 Å². The molecule has 1 unspecified atom stereocenters. The van der Waals surface area contributed by atoms with Crippen LogP contribution < -0.4 is 0 Å². The highest BCUT2D eigenvalue weighted by molar-refractivity contribution is 5.69. The molecule has 1 atom stereocenters. The number of rotatable bonds is 34. The zero-order chi connectivity index (χ0) is 32.9. The molecule has 0 bridgehead atoms. The van der Waals surface area contributed by atoms with Gasteiger partial charge in [-0.3, -0.25) is 9.59 Å². The van der Waals surface area contributed by atoms with E-state index in [0.717, 1.165) is 96.3 Å². The molecule has 0 fully saturated rings. The molecule has 0 aliphatic rings. The average molecular weight is 629 g/mol. The van der Waals surface area contributed by atoms with Crippen LogP contribution in [-0.2, 0) is 14.3 Å². The number of unbranched alkanes of at least 4 members (excludes halogenated alkanes) is 17. The summed E-state index contributed by atoms with van der Waals surface area (Å²) in [6.07, 6.45) is 48.4. The van der Waals surface area contributed by atoms with E-state index in [1.807, 2.05) is 0 Å². The molecule has 0 saturated heterocycles. The summed E-state index contributed by atoms with van der Waals surface area (Å²) < 4.78 is 5.98. The standard InChI is InChI=1S/C41H72O4/c1-3-5-7-9-11-13-15-17-18-19-21-23-25-30-34-38-41(44)45-39(36-32-28-26-29-33-37-40(42)43)35-31-27-24-22-20-16-14-12-10-8-6-4-2/h5,7,11,13,17-18,21,23,39H,3-4,6,8-10,12,14-16,19-20,22,24-38H2,1-2H3,(H,42,43)/b7-5-,13-11-,18-17-,23-21-. The van der Waals surface area contributed by atoms with Crippen molar-refractivity contribution in [2.45, 2.75) is 200 Å². The molecule has 0 aromatic carbocycles. The summed E-state index contributed by atoms with van der Waals surface area (Å²) >= 11 is 0. The number of esters is 1. The van der Waals surface area contributed by atoms with Crippen LogP contribution in [0.2, 0.25) is 0 Å². The molecule has 0 saturated carbocycles. The highest BCUT2D eigenvalue weighted by Gasteiger charge is 2.14. The van der Waals surface area contributed by atoms with E-state index < -0.39 is 5.97 Å². The summed E-state index contributed by atoms with van der Waals surface area (Å²) in [5, 5.41) is 8.81. The Morgan fingerprint density at radius 3 is 1.42 bits per heavy atom. The zero-order valence-electron chi connectivity index (χ0n) is 29.7. The van der Waals surface area contributed by atoms with E-state index in [0.29, 0.717) is 6.42 Å². The van der Waals surface area contributed by atoms with Gasteiger partial charge in [0, 0.05) is 12.8 Å². The van der Waals surface area contributed by atoms with Crippen molar-refractivity contribution in [2.75, 3.05) is 0 Å². The van der Waals surface area contributed by atoms with E-state index in [1.165, 1.54) is 70.6 Å². The van der Waals surface area contributed by atoms with Crippen LogP contribution in [0.4, 0.5) is 0 Å². The predicted octanol–water partition coefficient (Wildman–Crippen LogP) is 13.2. The summed E-state index contributed by atoms with van der Waals surface area (Å²) in [6, 6.07) is 0. The molecule has 0 spiro atoms. The average Bonchev–Trinajstić information content (AvgIpc) is 3.02. The Bertz CT molecular complexity index is 763. The fourth-order valence-electron chi connectivity index (χ4n) is 5.53. The Kier molecular flexibility index (Phi) is 34.7. The normalized spacial score (nSPS) is 12.8. The first-order chi connectivity index (χ1) is 22.1. The molecule has 0 heterocycles. The monoisotopic (exact) mass is 629 g/mol. The Hall–Kier alpha value is -2.10. The van der Waals surface area contributed by atoms with E-state index in [4.69, 9.17) is 9.84 Å². The summed E-state index contributed by atoms with van der Waals surface area (Å²) in [4.78, 5) is 23.3. The zero-order valence-corrected chi connectivity index (χ0v) is 29.7. The van der Waals surface area contributed by atoms with E-state index in [-0.39, 0.29) is 18.5 Å². The molecule has 0 aromatic heterocycles. The van der Waals surface area contributed by atoms with Gasteiger partial charge in [0.1, 0.15) is 6.10 Å². The second-order valence-corrected chi connectivity index (χ2v) is 12.7. The van der Waals surface area contributed by atoms with Crippen LogP contribution >= 0.6 is 0 Å². The van der Waals surface area contributed by atoms with Gasteiger partial charge in [0.15, 0.2) is 0 Å². The summed E-state index contributed by atoms with van der Waals surface area (Å²) in [7, 11) is 0. The maximum atomic E-state index is 12.6. The van der Waals surface area contributed by atoms with Crippen LogP contribution in [0.1, 0.15) is 194 Å². The van der Waals surface area contributed by atoms with Crippen molar-refractivity contribution in [3.63, 3.8) is 0 Å². The van der Waals surface area contributed by atoms with E-state index in [9.17, 15) is 9.59 Å². The van der Waals surface area contributed by atoms with Crippen LogP contribution in [0, 0.1) is 0 Å². The number of hydrogen-bond acceptors (Lipinski definition) is 3. The quantitative estimate of drug-likeness (QED) is 0.0437. The Morgan fingerprint density at radius 1 is 0.511 bits per heavy atom. The molecule has 1 N–H and O–H groups in total. The molecule has 260 valence electrons. The molecule has 0 aromatic rings. The van der Waals surface area contributed by atoms with Gasteiger partial charge in [-0.2, -0.15) is 0 Å². The number of carboxylic acids is 1. The van der Waals surface area contributed by atoms with Crippen LogP contribution in [0.15, 0.2) is 48.6 Å². The van der Waals surface area contributed by atoms with Crippen LogP contribution in [0.5, 0.6) is 0 Å². The lowest BCUT2D eigenvalue weighted by atomic mass is 10.0. The number of carboxylic acid groups (broad SMARTS) is 1. The maximum Gasteiger partial charge on any atom is 0.306 e. The molecule has 4 heteroatoms. The molecular formula is C41H72O4. The number of allylic oxidation sites excluding steroid dienone is 8. The van der Waals surface area contributed by atoms with Gasteiger partial charge in [-0.1, -0.05) is 152 Å². The van der Waals surface area contributed by atoms with Gasteiger partial charge in [-0.15, -0.1) is 0 Å². The van der Waals surface area contributed by atoms with Gasteiger partial charge in [0.05, 0.1) is 0 Å². The number of hydrogen-bond donors (Lipinski definition) is 1. The Labute approximate surface area is 279 Å². The van der Waals surface area contributed by atoms with E-state index in [1.54, 1.807) is 0 Å². The SMILES string of the molecule is CC/C=C\C/C=C\C/C=C\C/C=C\CCCCC(=O)OC(CCCCCCCCCCCCCC)CCCCCCCC(=O)O. The van der Waals surface area contributed by atoms with Gasteiger partial charge in [0.2, 0.25) is 0 Å². The third-order valence-electron chi connectivity index (χ3n) is 8.32. The Morgan fingerprint density at radius 2 is 0.933 bits per heavy atom. The fourth-order valence-corrected chi connectivity index (χ4v) is 5.53. The topological polar surface area (TPSA) is 63.6 Å². The molecule has 0 aliphatic heterocycles. The largest absolute Gasteiger partial charge is 0.481 e. The number of aliphatic carboxylic acids is 1.